The fourth-order valence-corrected chi connectivity index (χ4v) is 2.50. The first-order chi connectivity index (χ1) is 8.13. The van der Waals surface area contributed by atoms with E-state index in [-0.39, 0.29) is 6.04 Å². The van der Waals surface area contributed by atoms with Crippen LogP contribution in [0.3, 0.4) is 0 Å². The van der Waals surface area contributed by atoms with E-state index in [0.29, 0.717) is 0 Å². The zero-order valence-electron chi connectivity index (χ0n) is 9.56. The lowest BCUT2D eigenvalue weighted by Gasteiger charge is -2.09. The van der Waals surface area contributed by atoms with E-state index in [1.54, 1.807) is 17.5 Å². The molecule has 90 valence electrons. The van der Waals surface area contributed by atoms with Crippen LogP contribution in [0.2, 0.25) is 0 Å². The minimum atomic E-state index is 0.0742. The predicted molar refractivity (Wildman–Crippen MR) is 74.2 cm³/mol. The number of nitrogens with zero attached hydrogens (tertiary/aromatic N) is 2. The first-order valence-electron chi connectivity index (χ1n) is 5.40. The Hall–Kier alpha value is -0.780. The van der Waals surface area contributed by atoms with Crippen molar-refractivity contribution >= 4 is 27.3 Å². The second-order valence-corrected chi connectivity index (χ2v) is 5.97. The molecule has 0 bridgehead atoms. The quantitative estimate of drug-likeness (QED) is 0.944. The molecule has 0 radical (unpaired) electrons. The minimum Gasteiger partial charge on any atom is -0.327 e. The molecule has 0 saturated carbocycles. The number of aromatic nitrogens is 2. The van der Waals surface area contributed by atoms with Crippen LogP contribution in [0.5, 0.6) is 0 Å². The van der Waals surface area contributed by atoms with Crippen molar-refractivity contribution in [2.75, 3.05) is 0 Å². The average Bonchev–Trinajstić information content (AvgIpc) is 2.67. The molecular formula is C12H14BrN3S. The third kappa shape index (κ3) is 3.87. The fraction of sp³-hybridized carbons (Fsp3) is 0.333. The van der Waals surface area contributed by atoms with Gasteiger partial charge in [0.05, 0.1) is 10.7 Å². The monoisotopic (exact) mass is 311 g/mol. The van der Waals surface area contributed by atoms with E-state index in [2.05, 4.69) is 31.3 Å². The van der Waals surface area contributed by atoms with Crippen LogP contribution in [0.1, 0.15) is 16.4 Å². The molecule has 0 amide bonds. The molecule has 5 heteroatoms. The van der Waals surface area contributed by atoms with Gasteiger partial charge in [-0.2, -0.15) is 0 Å². The van der Waals surface area contributed by atoms with Crippen molar-refractivity contribution < 1.29 is 0 Å². The third-order valence-electron chi connectivity index (χ3n) is 2.40. The number of halogens is 1. The molecule has 0 aliphatic heterocycles. The third-order valence-corrected chi connectivity index (χ3v) is 3.69. The van der Waals surface area contributed by atoms with Gasteiger partial charge >= 0.3 is 0 Å². The van der Waals surface area contributed by atoms with Crippen LogP contribution in [-0.2, 0) is 12.8 Å². The highest BCUT2D eigenvalue weighted by molar-refractivity contribution is 9.10. The van der Waals surface area contributed by atoms with Gasteiger partial charge in [-0.3, -0.25) is 4.98 Å². The van der Waals surface area contributed by atoms with E-state index in [1.165, 1.54) is 0 Å². The maximum absolute atomic E-state index is 6.10. The van der Waals surface area contributed by atoms with E-state index >= 15 is 0 Å². The number of pyridine rings is 1. The Balaban J connectivity index is 1.93. The Labute approximate surface area is 113 Å². The fourth-order valence-electron chi connectivity index (χ4n) is 1.64. The second kappa shape index (κ2) is 5.71. The van der Waals surface area contributed by atoms with E-state index in [4.69, 9.17) is 5.73 Å². The zero-order valence-corrected chi connectivity index (χ0v) is 12.0. The lowest BCUT2D eigenvalue weighted by Crippen LogP contribution is -2.26. The number of rotatable bonds is 4. The van der Waals surface area contributed by atoms with Crippen LogP contribution in [0, 0.1) is 6.92 Å². The number of hydrogen-bond donors (Lipinski definition) is 1. The summed E-state index contributed by atoms with van der Waals surface area (Å²) in [6.07, 6.45) is 3.39. The van der Waals surface area contributed by atoms with E-state index in [1.807, 2.05) is 19.1 Å². The summed E-state index contributed by atoms with van der Waals surface area (Å²) in [7, 11) is 0. The molecule has 1 atom stereocenters. The van der Waals surface area contributed by atoms with Crippen LogP contribution in [0.4, 0.5) is 0 Å². The first kappa shape index (κ1) is 12.7. The molecule has 1 unspecified atom stereocenters. The first-order valence-corrected chi connectivity index (χ1v) is 7.08. The number of nitrogens with two attached hydrogens (primary N) is 1. The highest BCUT2D eigenvalue weighted by atomic mass is 79.9. The van der Waals surface area contributed by atoms with Crippen LogP contribution >= 0.6 is 27.3 Å². The molecule has 0 aliphatic carbocycles. The van der Waals surface area contributed by atoms with Crippen molar-refractivity contribution in [3.8, 4) is 0 Å². The lowest BCUT2D eigenvalue weighted by atomic mass is 10.1. The van der Waals surface area contributed by atoms with Gasteiger partial charge in [0.15, 0.2) is 0 Å². The summed E-state index contributed by atoms with van der Waals surface area (Å²) in [6, 6.07) is 4.06. The normalized spacial score (nSPS) is 12.6. The molecule has 17 heavy (non-hydrogen) atoms. The molecule has 2 heterocycles. The van der Waals surface area contributed by atoms with Gasteiger partial charge in [-0.25, -0.2) is 4.98 Å². The Morgan fingerprint density at radius 3 is 2.71 bits per heavy atom. The highest BCUT2D eigenvalue weighted by Crippen LogP contribution is 2.12. The summed E-state index contributed by atoms with van der Waals surface area (Å²) >= 11 is 5.03. The maximum atomic E-state index is 6.10. The van der Waals surface area contributed by atoms with Crippen LogP contribution < -0.4 is 5.73 Å². The Morgan fingerprint density at radius 2 is 2.12 bits per heavy atom. The summed E-state index contributed by atoms with van der Waals surface area (Å²) in [5.74, 6) is 0. The number of hydrogen-bond acceptors (Lipinski definition) is 4. The Bertz CT molecular complexity index is 481. The van der Waals surface area contributed by atoms with E-state index in [0.717, 1.165) is 33.7 Å². The maximum Gasteiger partial charge on any atom is 0.0897 e. The molecule has 2 rings (SSSR count). The number of aryl methyl sites for hydroxylation is 1. The molecule has 2 aromatic rings. The molecule has 0 aromatic carbocycles. The Morgan fingerprint density at radius 1 is 1.35 bits per heavy atom. The molecule has 0 saturated heterocycles. The molecule has 0 spiro atoms. The van der Waals surface area contributed by atoms with Crippen molar-refractivity contribution in [1.29, 1.82) is 0 Å². The van der Waals surface area contributed by atoms with Gasteiger partial charge < -0.3 is 5.73 Å². The van der Waals surface area contributed by atoms with E-state index < -0.39 is 0 Å². The van der Waals surface area contributed by atoms with E-state index in [9.17, 15) is 0 Å². The highest BCUT2D eigenvalue weighted by Gasteiger charge is 2.08. The standard InChI is InChI=1S/C12H14BrN3S/c1-8-16-12(7-17-8)5-10(14)4-11-3-2-9(13)6-15-11/h2-3,6-7,10H,4-5,14H2,1H3. The Kier molecular flexibility index (Phi) is 4.25. The summed E-state index contributed by atoms with van der Waals surface area (Å²) in [5, 5.41) is 3.17. The molecule has 2 N–H and O–H groups in total. The summed E-state index contributed by atoms with van der Waals surface area (Å²) in [6.45, 7) is 2.01. The van der Waals surface area contributed by atoms with Crippen molar-refractivity contribution in [2.45, 2.75) is 25.8 Å². The van der Waals surface area contributed by atoms with Gasteiger partial charge in [0.1, 0.15) is 0 Å². The molecule has 3 nitrogen and oxygen atoms in total. The minimum absolute atomic E-state index is 0.0742. The van der Waals surface area contributed by atoms with Crippen molar-refractivity contribution in [3.05, 3.63) is 44.6 Å². The van der Waals surface area contributed by atoms with Crippen molar-refractivity contribution in [1.82, 2.24) is 9.97 Å². The summed E-state index contributed by atoms with van der Waals surface area (Å²) in [5.41, 5.74) is 8.20. The molecule has 0 fully saturated rings. The van der Waals surface area contributed by atoms with Gasteiger partial charge in [0.2, 0.25) is 0 Å². The molecule has 0 aliphatic rings. The van der Waals surface area contributed by atoms with Crippen LogP contribution in [-0.4, -0.2) is 16.0 Å². The SMILES string of the molecule is Cc1nc(CC(N)Cc2ccc(Br)cn2)cs1. The van der Waals surface area contributed by atoms with Gasteiger partial charge in [-0.1, -0.05) is 0 Å². The van der Waals surface area contributed by atoms with Crippen molar-refractivity contribution in [2.24, 2.45) is 5.73 Å². The van der Waals surface area contributed by atoms with Crippen molar-refractivity contribution in [3.63, 3.8) is 0 Å². The topological polar surface area (TPSA) is 51.8 Å². The van der Waals surface area contributed by atoms with Gasteiger partial charge in [-0.05, 0) is 35.0 Å². The van der Waals surface area contributed by atoms with Crippen LogP contribution in [0.25, 0.3) is 0 Å². The molecule has 2 aromatic heterocycles. The number of thiazole rings is 1. The van der Waals surface area contributed by atoms with Gasteiger partial charge in [0, 0.05) is 40.6 Å². The molecular weight excluding hydrogens is 298 g/mol. The van der Waals surface area contributed by atoms with Gasteiger partial charge in [0.25, 0.3) is 0 Å². The lowest BCUT2D eigenvalue weighted by molar-refractivity contribution is 0.645. The van der Waals surface area contributed by atoms with Gasteiger partial charge in [-0.15, -0.1) is 11.3 Å². The summed E-state index contributed by atoms with van der Waals surface area (Å²) in [4.78, 5) is 8.74. The largest absolute Gasteiger partial charge is 0.327 e. The average molecular weight is 312 g/mol. The summed E-state index contributed by atoms with van der Waals surface area (Å²) < 4.78 is 0.991. The predicted octanol–water partition coefficient (Wildman–Crippen LogP) is 2.72. The zero-order chi connectivity index (χ0) is 12.3. The van der Waals surface area contributed by atoms with Crippen LogP contribution in [0.15, 0.2) is 28.2 Å². The smallest absolute Gasteiger partial charge is 0.0897 e. The second-order valence-electron chi connectivity index (χ2n) is 3.99.